The number of nitrogens with one attached hydrogen (secondary N) is 1. The maximum atomic E-state index is 12.0. The smallest absolute Gasteiger partial charge is 0.258 e. The molecule has 1 N–H and O–H groups in total. The molecular formula is C20H25NO2. The molecule has 0 spiro atoms. The Labute approximate surface area is 138 Å². The molecule has 2 aromatic rings. The van der Waals surface area contributed by atoms with Crippen molar-refractivity contribution in [2.24, 2.45) is 5.92 Å². The first-order valence-corrected chi connectivity index (χ1v) is 8.10. The zero-order valence-corrected chi connectivity index (χ0v) is 14.1. The van der Waals surface area contributed by atoms with Crippen LogP contribution in [0.4, 0.5) is 0 Å². The lowest BCUT2D eigenvalue weighted by Gasteiger charge is -2.15. The SMILES string of the molecule is CC(C)Cc1ccc([C@H](C)NC(=O)COc2ccccc2)cc1. The fourth-order valence-corrected chi connectivity index (χ4v) is 2.45. The van der Waals surface area contributed by atoms with E-state index in [0.717, 1.165) is 12.0 Å². The van der Waals surface area contributed by atoms with Crippen molar-refractivity contribution in [2.75, 3.05) is 6.61 Å². The molecular weight excluding hydrogens is 286 g/mol. The average Bonchev–Trinajstić information content (AvgIpc) is 2.54. The van der Waals surface area contributed by atoms with Crippen molar-refractivity contribution < 1.29 is 9.53 Å². The summed E-state index contributed by atoms with van der Waals surface area (Å²) in [7, 11) is 0. The Morgan fingerprint density at radius 1 is 1.00 bits per heavy atom. The zero-order valence-electron chi connectivity index (χ0n) is 14.1. The number of para-hydroxylation sites is 1. The number of carbonyl (C=O) groups is 1. The number of rotatable bonds is 7. The van der Waals surface area contributed by atoms with Crippen molar-refractivity contribution in [3.8, 4) is 5.75 Å². The van der Waals surface area contributed by atoms with Crippen molar-refractivity contribution in [3.05, 3.63) is 65.7 Å². The summed E-state index contributed by atoms with van der Waals surface area (Å²) in [5, 5.41) is 2.96. The van der Waals surface area contributed by atoms with Crippen LogP contribution in [-0.4, -0.2) is 12.5 Å². The third-order valence-electron chi connectivity index (χ3n) is 3.61. The molecule has 3 nitrogen and oxygen atoms in total. The van der Waals surface area contributed by atoms with Gasteiger partial charge in [-0.25, -0.2) is 0 Å². The lowest BCUT2D eigenvalue weighted by molar-refractivity contribution is -0.123. The maximum absolute atomic E-state index is 12.0. The minimum absolute atomic E-state index is 0.0276. The lowest BCUT2D eigenvalue weighted by atomic mass is 10.00. The van der Waals surface area contributed by atoms with Gasteiger partial charge in [-0.2, -0.15) is 0 Å². The number of amides is 1. The van der Waals surface area contributed by atoms with Gasteiger partial charge in [0, 0.05) is 0 Å². The van der Waals surface area contributed by atoms with E-state index < -0.39 is 0 Å². The Kier molecular flexibility index (Phi) is 6.21. The molecule has 0 bridgehead atoms. The zero-order chi connectivity index (χ0) is 16.7. The summed E-state index contributed by atoms with van der Waals surface area (Å²) in [6, 6.07) is 17.8. The molecule has 0 saturated carbocycles. The second-order valence-electron chi connectivity index (χ2n) is 6.23. The van der Waals surface area contributed by atoms with Crippen molar-refractivity contribution in [1.29, 1.82) is 0 Å². The highest BCUT2D eigenvalue weighted by Crippen LogP contribution is 2.15. The van der Waals surface area contributed by atoms with Crippen molar-refractivity contribution in [1.82, 2.24) is 5.32 Å². The van der Waals surface area contributed by atoms with E-state index in [-0.39, 0.29) is 18.6 Å². The molecule has 0 fully saturated rings. The average molecular weight is 311 g/mol. The molecule has 122 valence electrons. The monoisotopic (exact) mass is 311 g/mol. The van der Waals surface area contributed by atoms with Crippen LogP contribution in [0, 0.1) is 5.92 Å². The number of benzene rings is 2. The van der Waals surface area contributed by atoms with Gasteiger partial charge in [-0.3, -0.25) is 4.79 Å². The molecule has 0 heterocycles. The highest BCUT2D eigenvalue weighted by molar-refractivity contribution is 5.78. The lowest BCUT2D eigenvalue weighted by Crippen LogP contribution is -2.31. The first kappa shape index (κ1) is 17.1. The van der Waals surface area contributed by atoms with Gasteiger partial charge in [0.15, 0.2) is 6.61 Å². The van der Waals surface area contributed by atoms with Crippen molar-refractivity contribution in [2.45, 2.75) is 33.2 Å². The number of hydrogen-bond acceptors (Lipinski definition) is 2. The summed E-state index contributed by atoms with van der Waals surface area (Å²) in [6.07, 6.45) is 1.08. The van der Waals surface area contributed by atoms with Crippen LogP contribution in [-0.2, 0) is 11.2 Å². The minimum atomic E-state index is -0.118. The molecule has 0 aliphatic rings. The van der Waals surface area contributed by atoms with Gasteiger partial charge in [-0.1, -0.05) is 56.3 Å². The van der Waals surface area contributed by atoms with Crippen LogP contribution < -0.4 is 10.1 Å². The van der Waals surface area contributed by atoms with Gasteiger partial charge in [0.2, 0.25) is 0 Å². The molecule has 0 aliphatic heterocycles. The molecule has 1 atom stereocenters. The highest BCUT2D eigenvalue weighted by Gasteiger charge is 2.10. The summed E-state index contributed by atoms with van der Waals surface area (Å²) in [6.45, 7) is 6.44. The molecule has 1 amide bonds. The van der Waals surface area contributed by atoms with E-state index in [1.54, 1.807) is 0 Å². The van der Waals surface area contributed by atoms with E-state index in [0.29, 0.717) is 11.7 Å². The van der Waals surface area contributed by atoms with E-state index in [4.69, 9.17) is 4.74 Å². The Morgan fingerprint density at radius 2 is 1.65 bits per heavy atom. The maximum Gasteiger partial charge on any atom is 0.258 e. The predicted molar refractivity (Wildman–Crippen MR) is 93.5 cm³/mol. The van der Waals surface area contributed by atoms with E-state index >= 15 is 0 Å². The van der Waals surface area contributed by atoms with Crippen LogP contribution in [0.1, 0.15) is 37.9 Å². The van der Waals surface area contributed by atoms with Gasteiger partial charge in [-0.15, -0.1) is 0 Å². The molecule has 2 rings (SSSR count). The Morgan fingerprint density at radius 3 is 2.26 bits per heavy atom. The standard InChI is InChI=1S/C20H25NO2/c1-15(2)13-17-9-11-18(12-10-17)16(3)21-20(22)14-23-19-7-5-4-6-8-19/h4-12,15-16H,13-14H2,1-3H3,(H,21,22)/t16-/m0/s1. The van der Waals surface area contributed by atoms with Crippen molar-refractivity contribution >= 4 is 5.91 Å². The summed E-state index contributed by atoms with van der Waals surface area (Å²) >= 11 is 0. The summed E-state index contributed by atoms with van der Waals surface area (Å²) in [5.41, 5.74) is 2.43. The van der Waals surface area contributed by atoms with E-state index in [2.05, 4.69) is 43.4 Å². The molecule has 0 saturated heterocycles. The third-order valence-corrected chi connectivity index (χ3v) is 3.61. The fourth-order valence-electron chi connectivity index (χ4n) is 2.45. The quantitative estimate of drug-likeness (QED) is 0.834. The van der Waals surface area contributed by atoms with Gasteiger partial charge in [0.25, 0.3) is 5.91 Å². The second-order valence-corrected chi connectivity index (χ2v) is 6.23. The first-order valence-electron chi connectivity index (χ1n) is 8.10. The van der Waals surface area contributed by atoms with Gasteiger partial charge in [-0.05, 0) is 42.5 Å². The summed E-state index contributed by atoms with van der Waals surface area (Å²) in [4.78, 5) is 12.0. The van der Waals surface area contributed by atoms with Crippen LogP contribution in [0.2, 0.25) is 0 Å². The van der Waals surface area contributed by atoms with Gasteiger partial charge in [0.05, 0.1) is 6.04 Å². The first-order chi connectivity index (χ1) is 11.0. The highest BCUT2D eigenvalue weighted by atomic mass is 16.5. The Balaban J connectivity index is 1.83. The molecule has 2 aromatic carbocycles. The fraction of sp³-hybridized carbons (Fsp3) is 0.350. The van der Waals surface area contributed by atoms with Crippen LogP contribution in [0.3, 0.4) is 0 Å². The van der Waals surface area contributed by atoms with E-state index in [9.17, 15) is 4.79 Å². The molecule has 0 radical (unpaired) electrons. The van der Waals surface area contributed by atoms with E-state index in [1.165, 1.54) is 5.56 Å². The van der Waals surface area contributed by atoms with Gasteiger partial charge >= 0.3 is 0 Å². The Hall–Kier alpha value is -2.29. The van der Waals surface area contributed by atoms with Gasteiger partial charge < -0.3 is 10.1 Å². The van der Waals surface area contributed by atoms with E-state index in [1.807, 2.05) is 37.3 Å². The van der Waals surface area contributed by atoms with Crippen LogP contribution in [0.15, 0.2) is 54.6 Å². The minimum Gasteiger partial charge on any atom is -0.484 e. The topological polar surface area (TPSA) is 38.3 Å². The van der Waals surface area contributed by atoms with Crippen LogP contribution in [0.25, 0.3) is 0 Å². The van der Waals surface area contributed by atoms with Gasteiger partial charge in [0.1, 0.15) is 5.75 Å². The molecule has 0 aromatic heterocycles. The predicted octanol–water partition coefficient (Wildman–Crippen LogP) is 4.14. The molecule has 0 aliphatic carbocycles. The Bertz CT molecular complexity index is 605. The molecule has 0 unspecified atom stereocenters. The number of carbonyl (C=O) groups excluding carboxylic acids is 1. The largest absolute Gasteiger partial charge is 0.484 e. The summed E-state index contributed by atoms with van der Waals surface area (Å²) in [5.74, 6) is 1.23. The van der Waals surface area contributed by atoms with Crippen LogP contribution in [0.5, 0.6) is 5.75 Å². The number of ether oxygens (including phenoxy) is 1. The summed E-state index contributed by atoms with van der Waals surface area (Å²) < 4.78 is 5.46. The second kappa shape index (κ2) is 8.37. The van der Waals surface area contributed by atoms with Crippen LogP contribution >= 0.6 is 0 Å². The number of hydrogen-bond donors (Lipinski definition) is 1. The van der Waals surface area contributed by atoms with Crippen molar-refractivity contribution in [3.63, 3.8) is 0 Å². The molecule has 23 heavy (non-hydrogen) atoms. The third kappa shape index (κ3) is 5.78. The molecule has 3 heteroatoms. The normalized spacial score (nSPS) is 12.0.